The van der Waals surface area contributed by atoms with Gasteiger partial charge in [-0.15, -0.1) is 0 Å². The third-order valence-corrected chi connectivity index (χ3v) is 11.8. The van der Waals surface area contributed by atoms with E-state index in [1.165, 1.54) is 0 Å². The summed E-state index contributed by atoms with van der Waals surface area (Å²) < 4.78 is 10.8. The second kappa shape index (κ2) is 14.1. The Kier molecular flexibility index (Phi) is 8.20. The SMILES string of the molecule is C=C/C=C(\C=C/C)N(c1ccccc1)c1ccc2c(c1)c1c3ccccc3ccc1n2-c1cc(C#N)c(-n2c3ccccc3c3c4oc5ccccc5c4ccc32)cc1C#N. The van der Waals surface area contributed by atoms with Crippen molar-refractivity contribution in [2.45, 2.75) is 6.92 Å². The molecule has 11 aromatic rings. The molecule has 0 fully saturated rings. The van der Waals surface area contributed by atoms with Gasteiger partial charge >= 0.3 is 0 Å². The number of fused-ring (bicyclic) bond motifs is 12. The summed E-state index contributed by atoms with van der Waals surface area (Å²) in [5.74, 6) is 0. The Labute approximate surface area is 351 Å². The van der Waals surface area contributed by atoms with Gasteiger partial charge in [-0.25, -0.2) is 0 Å². The van der Waals surface area contributed by atoms with Gasteiger partial charge in [0, 0.05) is 44.0 Å². The molecule has 0 aliphatic heterocycles. The van der Waals surface area contributed by atoms with Crippen molar-refractivity contribution in [1.29, 1.82) is 10.5 Å². The molecule has 8 aromatic carbocycles. The van der Waals surface area contributed by atoms with Gasteiger partial charge in [-0.3, -0.25) is 0 Å². The molecular weight excluding hydrogens is 747 g/mol. The standard InChI is InChI=1S/C55H35N5O/c1-3-14-38(15-4-2)58(39-17-6-5-7-18-39)40-25-28-47-45(32-40)53-41-19-9-8-16-35(41)24-27-48(53)60(47)51-31-36(33-56)50(30-37(51)34-57)59-46-22-12-10-21-44(46)54-49(59)29-26-43-42-20-11-13-23-52(42)61-55(43)54/h3-32H,1H2,2H3/b15-4-,38-14+. The molecule has 0 amide bonds. The molecule has 3 heterocycles. The Hall–Kier alpha value is -8.58. The molecule has 286 valence electrons. The van der Waals surface area contributed by atoms with E-state index in [0.717, 1.165) is 93.4 Å². The second-order valence-electron chi connectivity index (χ2n) is 15.1. The van der Waals surface area contributed by atoms with Gasteiger partial charge in [-0.05, 0) is 103 Å². The van der Waals surface area contributed by atoms with Crippen LogP contribution in [0.4, 0.5) is 11.4 Å². The van der Waals surface area contributed by atoms with Gasteiger partial charge in [0.2, 0.25) is 0 Å². The van der Waals surface area contributed by atoms with Crippen LogP contribution >= 0.6 is 0 Å². The molecule has 0 bridgehead atoms. The summed E-state index contributed by atoms with van der Waals surface area (Å²) in [5, 5.41) is 30.4. The number of allylic oxidation sites excluding steroid dienone is 4. The highest BCUT2D eigenvalue weighted by Gasteiger charge is 2.24. The normalized spacial score (nSPS) is 12.1. The van der Waals surface area contributed by atoms with Gasteiger partial charge in [0.1, 0.15) is 23.3 Å². The molecule has 11 rings (SSSR count). The summed E-state index contributed by atoms with van der Waals surface area (Å²) in [6.07, 6.45) is 7.93. The van der Waals surface area contributed by atoms with E-state index in [4.69, 9.17) is 4.42 Å². The van der Waals surface area contributed by atoms with Crippen molar-refractivity contribution in [3.05, 3.63) is 205 Å². The van der Waals surface area contributed by atoms with E-state index in [-0.39, 0.29) is 0 Å². The van der Waals surface area contributed by atoms with Crippen molar-refractivity contribution in [2.75, 3.05) is 4.90 Å². The molecule has 0 aliphatic carbocycles. The lowest BCUT2D eigenvalue weighted by atomic mass is 10.0. The number of para-hydroxylation sites is 3. The molecule has 3 aromatic heterocycles. The number of rotatable bonds is 7. The summed E-state index contributed by atoms with van der Waals surface area (Å²) in [6.45, 7) is 6.03. The fourth-order valence-electron chi connectivity index (χ4n) is 9.32. The van der Waals surface area contributed by atoms with Crippen LogP contribution in [0.5, 0.6) is 0 Å². The summed E-state index contributed by atoms with van der Waals surface area (Å²) >= 11 is 0. The van der Waals surface area contributed by atoms with Crippen LogP contribution in [0.15, 0.2) is 199 Å². The zero-order chi connectivity index (χ0) is 41.2. The lowest BCUT2D eigenvalue weighted by molar-refractivity contribution is 0.673. The van der Waals surface area contributed by atoms with Gasteiger partial charge in [0.25, 0.3) is 0 Å². The molecule has 0 aliphatic rings. The number of anilines is 2. The smallest absolute Gasteiger partial charge is 0.145 e. The molecule has 0 N–H and O–H groups in total. The lowest BCUT2D eigenvalue weighted by Crippen LogP contribution is -2.15. The van der Waals surface area contributed by atoms with Crippen molar-refractivity contribution < 1.29 is 4.42 Å². The molecule has 0 spiro atoms. The number of hydrogen-bond donors (Lipinski definition) is 0. The molecule has 6 heteroatoms. The number of aromatic nitrogens is 2. The largest absolute Gasteiger partial charge is 0.455 e. The number of nitrogens with zero attached hydrogens (tertiary/aromatic N) is 5. The monoisotopic (exact) mass is 781 g/mol. The Morgan fingerprint density at radius 2 is 1.20 bits per heavy atom. The molecule has 0 unspecified atom stereocenters. The highest BCUT2D eigenvalue weighted by Crippen LogP contribution is 2.44. The first kappa shape index (κ1) is 35.6. The molecule has 0 saturated heterocycles. The van der Waals surface area contributed by atoms with Crippen molar-refractivity contribution in [1.82, 2.24) is 9.13 Å². The zero-order valence-corrected chi connectivity index (χ0v) is 33.2. The lowest BCUT2D eigenvalue weighted by Gasteiger charge is -2.26. The zero-order valence-electron chi connectivity index (χ0n) is 33.2. The first-order valence-corrected chi connectivity index (χ1v) is 20.2. The summed E-state index contributed by atoms with van der Waals surface area (Å²) in [6, 6.07) is 58.7. The van der Waals surface area contributed by atoms with Crippen molar-refractivity contribution in [3.63, 3.8) is 0 Å². The average Bonchev–Trinajstić information content (AvgIpc) is 3.97. The Balaban J connectivity index is 1.19. The van der Waals surface area contributed by atoms with Crippen LogP contribution < -0.4 is 4.90 Å². The maximum atomic E-state index is 11.1. The number of benzene rings is 8. The fraction of sp³-hybridized carbons (Fsp3) is 0.0182. The molecular formula is C55H35N5O. The van der Waals surface area contributed by atoms with E-state index in [1.54, 1.807) is 0 Å². The van der Waals surface area contributed by atoms with Crippen molar-refractivity contribution >= 4 is 87.7 Å². The van der Waals surface area contributed by atoms with E-state index in [1.807, 2.05) is 85.8 Å². The molecule has 0 radical (unpaired) electrons. The van der Waals surface area contributed by atoms with Gasteiger partial charge in [-0.1, -0.05) is 104 Å². The molecule has 0 saturated carbocycles. The maximum absolute atomic E-state index is 11.1. The average molecular weight is 782 g/mol. The van der Waals surface area contributed by atoms with Crippen LogP contribution in [-0.2, 0) is 0 Å². The maximum Gasteiger partial charge on any atom is 0.145 e. The van der Waals surface area contributed by atoms with Crippen LogP contribution in [0.2, 0.25) is 0 Å². The third-order valence-electron chi connectivity index (χ3n) is 11.8. The molecule has 61 heavy (non-hydrogen) atoms. The van der Waals surface area contributed by atoms with Gasteiger partial charge in [0.15, 0.2) is 0 Å². The highest BCUT2D eigenvalue weighted by atomic mass is 16.3. The fourth-order valence-corrected chi connectivity index (χ4v) is 9.32. The van der Waals surface area contributed by atoms with Crippen LogP contribution in [0.3, 0.4) is 0 Å². The van der Waals surface area contributed by atoms with Gasteiger partial charge < -0.3 is 18.5 Å². The highest BCUT2D eigenvalue weighted by molar-refractivity contribution is 6.24. The topological polar surface area (TPSA) is 73.8 Å². The molecule has 6 nitrogen and oxygen atoms in total. The minimum atomic E-state index is 0.439. The van der Waals surface area contributed by atoms with E-state index in [2.05, 4.69) is 136 Å². The van der Waals surface area contributed by atoms with Crippen LogP contribution in [-0.4, -0.2) is 9.13 Å². The summed E-state index contributed by atoms with van der Waals surface area (Å²) in [5.41, 5.74) is 10.4. The number of nitriles is 2. The van der Waals surface area contributed by atoms with Gasteiger partial charge in [0.05, 0.1) is 50.0 Å². The van der Waals surface area contributed by atoms with E-state index < -0.39 is 0 Å². The van der Waals surface area contributed by atoms with Crippen LogP contribution in [0, 0.1) is 22.7 Å². The van der Waals surface area contributed by atoms with Crippen LogP contribution in [0.1, 0.15) is 18.1 Å². The first-order valence-electron chi connectivity index (χ1n) is 20.2. The second-order valence-corrected chi connectivity index (χ2v) is 15.1. The first-order chi connectivity index (χ1) is 30.1. The summed E-state index contributed by atoms with van der Waals surface area (Å²) in [7, 11) is 0. The summed E-state index contributed by atoms with van der Waals surface area (Å²) in [4.78, 5) is 2.23. The molecule has 0 atom stereocenters. The van der Waals surface area contributed by atoms with E-state index >= 15 is 0 Å². The minimum absolute atomic E-state index is 0.439. The van der Waals surface area contributed by atoms with Gasteiger partial charge in [-0.2, -0.15) is 10.5 Å². The van der Waals surface area contributed by atoms with E-state index in [0.29, 0.717) is 22.5 Å². The van der Waals surface area contributed by atoms with Crippen molar-refractivity contribution in [2.24, 2.45) is 0 Å². The number of furan rings is 1. The number of hydrogen-bond acceptors (Lipinski definition) is 4. The predicted octanol–water partition coefficient (Wildman–Crippen LogP) is 14.5. The van der Waals surface area contributed by atoms with E-state index in [9.17, 15) is 10.5 Å². The Morgan fingerprint density at radius 3 is 1.93 bits per heavy atom. The minimum Gasteiger partial charge on any atom is -0.455 e. The third kappa shape index (κ3) is 5.34. The predicted molar refractivity (Wildman–Crippen MR) is 251 cm³/mol. The Bertz CT molecular complexity index is 3770. The quantitative estimate of drug-likeness (QED) is 0.151. The van der Waals surface area contributed by atoms with Crippen molar-refractivity contribution in [3.8, 4) is 23.5 Å². The Morgan fingerprint density at radius 1 is 0.574 bits per heavy atom. The van der Waals surface area contributed by atoms with Crippen LogP contribution in [0.25, 0.3) is 87.7 Å².